The molecule has 3 heteroatoms. The molecule has 1 heterocycles. The minimum absolute atomic E-state index is 0.0582. The van der Waals surface area contributed by atoms with Gasteiger partial charge in [0.25, 0.3) is 0 Å². The molecule has 1 aromatic heterocycles. The zero-order chi connectivity index (χ0) is 13.7. The Morgan fingerprint density at radius 1 is 1.21 bits per heavy atom. The quantitative estimate of drug-likeness (QED) is 0.602. The number of allylic oxidation sites excluding steroid dienone is 1. The van der Waals surface area contributed by atoms with E-state index in [4.69, 9.17) is 9.15 Å². The van der Waals surface area contributed by atoms with Gasteiger partial charge in [0, 0.05) is 5.56 Å². The molecule has 2 aromatic rings. The highest BCUT2D eigenvalue weighted by atomic mass is 16.5. The summed E-state index contributed by atoms with van der Waals surface area (Å²) in [6, 6.07) is 10.8. The van der Waals surface area contributed by atoms with Crippen molar-refractivity contribution in [2.24, 2.45) is 0 Å². The third-order valence-electron chi connectivity index (χ3n) is 2.61. The first-order valence-electron chi connectivity index (χ1n) is 6.21. The molecule has 0 saturated heterocycles. The van der Waals surface area contributed by atoms with Gasteiger partial charge >= 0.3 is 0 Å². The van der Waals surface area contributed by atoms with Crippen LogP contribution in [0.4, 0.5) is 0 Å². The molecule has 0 bridgehead atoms. The summed E-state index contributed by atoms with van der Waals surface area (Å²) in [5.41, 5.74) is 0.628. The molecule has 0 atom stereocenters. The number of ether oxygens (including phenoxy) is 1. The van der Waals surface area contributed by atoms with Crippen LogP contribution in [0.15, 0.2) is 46.9 Å². The van der Waals surface area contributed by atoms with Gasteiger partial charge in [0.2, 0.25) is 0 Å². The second-order valence-corrected chi connectivity index (χ2v) is 4.10. The van der Waals surface area contributed by atoms with Crippen LogP contribution in [0.1, 0.15) is 28.8 Å². The van der Waals surface area contributed by atoms with Crippen molar-refractivity contribution in [3.63, 3.8) is 0 Å². The number of benzene rings is 1. The van der Waals surface area contributed by atoms with Crippen LogP contribution in [0.2, 0.25) is 0 Å². The Morgan fingerprint density at radius 2 is 1.95 bits per heavy atom. The van der Waals surface area contributed by atoms with Crippen molar-refractivity contribution in [2.45, 2.75) is 13.8 Å². The van der Waals surface area contributed by atoms with E-state index < -0.39 is 0 Å². The van der Waals surface area contributed by atoms with Crippen molar-refractivity contribution < 1.29 is 13.9 Å². The molecule has 0 unspecified atom stereocenters. The number of carbonyl (C=O) groups is 1. The Morgan fingerprint density at radius 3 is 2.53 bits per heavy atom. The highest BCUT2D eigenvalue weighted by molar-refractivity contribution is 6.06. The highest BCUT2D eigenvalue weighted by Gasteiger charge is 2.02. The molecular weight excluding hydrogens is 240 g/mol. The van der Waals surface area contributed by atoms with Crippen LogP contribution < -0.4 is 4.74 Å². The van der Waals surface area contributed by atoms with Crippen LogP contribution in [-0.2, 0) is 0 Å². The van der Waals surface area contributed by atoms with Gasteiger partial charge in [0.1, 0.15) is 17.3 Å². The summed E-state index contributed by atoms with van der Waals surface area (Å²) in [7, 11) is 0. The standard InChI is InChI=1S/C16H16O3/c1-3-18-14-8-5-13(6-9-14)16(17)11-10-15-7-4-12(2)19-15/h4-11H,3H2,1-2H3/b11-10+. The lowest BCUT2D eigenvalue weighted by Crippen LogP contribution is -1.95. The molecule has 19 heavy (non-hydrogen) atoms. The van der Waals surface area contributed by atoms with Gasteiger partial charge < -0.3 is 9.15 Å². The Labute approximate surface area is 112 Å². The second kappa shape index (κ2) is 6.05. The highest BCUT2D eigenvalue weighted by Crippen LogP contribution is 2.14. The summed E-state index contributed by atoms with van der Waals surface area (Å²) < 4.78 is 10.7. The fraction of sp³-hybridized carbons (Fsp3) is 0.188. The van der Waals surface area contributed by atoms with Crippen molar-refractivity contribution in [3.05, 3.63) is 59.6 Å². The molecule has 3 nitrogen and oxygen atoms in total. The maximum absolute atomic E-state index is 11.9. The summed E-state index contributed by atoms with van der Waals surface area (Å²) in [5.74, 6) is 2.21. The number of carbonyl (C=O) groups excluding carboxylic acids is 1. The van der Waals surface area contributed by atoms with Crippen LogP contribution in [0.25, 0.3) is 6.08 Å². The van der Waals surface area contributed by atoms with Gasteiger partial charge in [-0.3, -0.25) is 4.79 Å². The third-order valence-corrected chi connectivity index (χ3v) is 2.61. The fourth-order valence-corrected chi connectivity index (χ4v) is 1.68. The second-order valence-electron chi connectivity index (χ2n) is 4.10. The zero-order valence-corrected chi connectivity index (χ0v) is 11.1. The van der Waals surface area contributed by atoms with E-state index in [-0.39, 0.29) is 5.78 Å². The molecule has 0 aliphatic carbocycles. The summed E-state index contributed by atoms with van der Waals surface area (Å²) in [6.45, 7) is 4.41. The zero-order valence-electron chi connectivity index (χ0n) is 11.1. The van der Waals surface area contributed by atoms with Gasteiger partial charge in [0.05, 0.1) is 6.61 Å². The summed E-state index contributed by atoms with van der Waals surface area (Å²) in [5, 5.41) is 0. The first kappa shape index (κ1) is 13.1. The number of rotatable bonds is 5. The van der Waals surface area contributed by atoms with Crippen molar-refractivity contribution in [3.8, 4) is 5.75 Å². The smallest absolute Gasteiger partial charge is 0.185 e. The average molecular weight is 256 g/mol. The molecule has 0 fully saturated rings. The Hall–Kier alpha value is -2.29. The first-order valence-corrected chi connectivity index (χ1v) is 6.21. The topological polar surface area (TPSA) is 39.4 Å². The lowest BCUT2D eigenvalue weighted by Gasteiger charge is -2.02. The molecule has 0 aliphatic rings. The lowest BCUT2D eigenvalue weighted by molar-refractivity contribution is 0.104. The lowest BCUT2D eigenvalue weighted by atomic mass is 10.1. The van der Waals surface area contributed by atoms with Gasteiger partial charge in [-0.05, 0) is 62.4 Å². The van der Waals surface area contributed by atoms with E-state index >= 15 is 0 Å². The van der Waals surface area contributed by atoms with Gasteiger partial charge in [-0.1, -0.05) is 0 Å². The van der Waals surface area contributed by atoms with Crippen molar-refractivity contribution >= 4 is 11.9 Å². The largest absolute Gasteiger partial charge is 0.494 e. The molecular formula is C16H16O3. The normalized spacial score (nSPS) is 10.8. The van der Waals surface area contributed by atoms with E-state index in [2.05, 4.69) is 0 Å². The molecule has 1 aromatic carbocycles. The van der Waals surface area contributed by atoms with Crippen LogP contribution in [0.5, 0.6) is 5.75 Å². The van der Waals surface area contributed by atoms with Gasteiger partial charge in [0.15, 0.2) is 5.78 Å². The van der Waals surface area contributed by atoms with E-state index in [0.29, 0.717) is 17.9 Å². The molecule has 0 aliphatic heterocycles. The third kappa shape index (κ3) is 3.58. The molecule has 0 radical (unpaired) electrons. The van der Waals surface area contributed by atoms with Gasteiger partial charge in [-0.15, -0.1) is 0 Å². The van der Waals surface area contributed by atoms with E-state index in [1.165, 1.54) is 6.08 Å². The Balaban J connectivity index is 2.05. The number of hydrogen-bond donors (Lipinski definition) is 0. The maximum atomic E-state index is 11.9. The number of furan rings is 1. The van der Waals surface area contributed by atoms with E-state index in [9.17, 15) is 4.79 Å². The molecule has 2 rings (SSSR count). The van der Waals surface area contributed by atoms with Crippen LogP contribution >= 0.6 is 0 Å². The van der Waals surface area contributed by atoms with Crippen molar-refractivity contribution in [2.75, 3.05) is 6.61 Å². The average Bonchev–Trinajstić information content (AvgIpc) is 2.83. The molecule has 0 amide bonds. The van der Waals surface area contributed by atoms with Crippen molar-refractivity contribution in [1.82, 2.24) is 0 Å². The van der Waals surface area contributed by atoms with Crippen LogP contribution in [-0.4, -0.2) is 12.4 Å². The minimum atomic E-state index is -0.0582. The number of hydrogen-bond acceptors (Lipinski definition) is 3. The summed E-state index contributed by atoms with van der Waals surface area (Å²) in [6.07, 6.45) is 3.18. The predicted octanol–water partition coefficient (Wildman–Crippen LogP) is 3.88. The number of ketones is 1. The van der Waals surface area contributed by atoms with Gasteiger partial charge in [-0.2, -0.15) is 0 Å². The summed E-state index contributed by atoms with van der Waals surface area (Å²) >= 11 is 0. The predicted molar refractivity (Wildman–Crippen MR) is 74.4 cm³/mol. The molecule has 0 spiro atoms. The first-order chi connectivity index (χ1) is 9.19. The van der Waals surface area contributed by atoms with E-state index in [1.807, 2.05) is 26.0 Å². The fourth-order valence-electron chi connectivity index (χ4n) is 1.68. The maximum Gasteiger partial charge on any atom is 0.185 e. The van der Waals surface area contributed by atoms with E-state index in [0.717, 1.165) is 11.5 Å². The SMILES string of the molecule is CCOc1ccc(C(=O)/C=C/c2ccc(C)o2)cc1. The van der Waals surface area contributed by atoms with Crippen LogP contribution in [0, 0.1) is 6.92 Å². The van der Waals surface area contributed by atoms with Gasteiger partial charge in [-0.25, -0.2) is 0 Å². The minimum Gasteiger partial charge on any atom is -0.494 e. The van der Waals surface area contributed by atoms with Crippen molar-refractivity contribution in [1.29, 1.82) is 0 Å². The monoisotopic (exact) mass is 256 g/mol. The molecule has 0 N–H and O–H groups in total. The molecule has 0 saturated carbocycles. The Bertz CT molecular complexity index is 576. The summed E-state index contributed by atoms with van der Waals surface area (Å²) in [4.78, 5) is 11.9. The number of aryl methyl sites for hydroxylation is 1. The molecule has 98 valence electrons. The Kier molecular flexibility index (Phi) is 4.18. The van der Waals surface area contributed by atoms with E-state index in [1.54, 1.807) is 30.3 Å². The van der Waals surface area contributed by atoms with Crippen LogP contribution in [0.3, 0.4) is 0 Å².